The Morgan fingerprint density at radius 1 is 1.29 bits per heavy atom. The van der Waals surface area contributed by atoms with Gasteiger partial charge in [-0.05, 0) is 58.4 Å². The number of pyridine rings is 1. The third kappa shape index (κ3) is 4.32. The van der Waals surface area contributed by atoms with Gasteiger partial charge in [0, 0.05) is 42.5 Å². The second-order valence-corrected chi connectivity index (χ2v) is 9.30. The Hall–Kier alpha value is -2.80. The van der Waals surface area contributed by atoms with Crippen LogP contribution in [0.2, 0.25) is 5.02 Å². The van der Waals surface area contributed by atoms with E-state index in [-0.39, 0.29) is 12.1 Å². The zero-order chi connectivity index (χ0) is 22.3. The number of aryl methyl sites for hydroxylation is 1. The van der Waals surface area contributed by atoms with Crippen molar-refractivity contribution in [2.75, 3.05) is 24.5 Å². The Morgan fingerprint density at radius 2 is 2.06 bits per heavy atom. The lowest BCUT2D eigenvalue weighted by atomic mass is 10.1. The number of rotatable bonds is 2. The first kappa shape index (κ1) is 21.4. The first-order valence-electron chi connectivity index (χ1n) is 10.4. The smallest absolute Gasteiger partial charge is 0.410 e. The van der Waals surface area contributed by atoms with Crippen LogP contribution in [0.4, 0.5) is 10.8 Å². The van der Waals surface area contributed by atoms with Gasteiger partial charge < -0.3 is 19.0 Å². The van der Waals surface area contributed by atoms with Gasteiger partial charge in [-0.15, -0.1) is 0 Å². The second-order valence-electron chi connectivity index (χ2n) is 8.89. The molecule has 1 unspecified atom stereocenters. The summed E-state index contributed by atoms with van der Waals surface area (Å²) in [4.78, 5) is 25.5. The van der Waals surface area contributed by atoms with E-state index in [2.05, 4.69) is 9.88 Å². The number of amides is 1. The molecule has 1 aliphatic rings. The van der Waals surface area contributed by atoms with Crippen LogP contribution in [0, 0.1) is 6.92 Å². The minimum Gasteiger partial charge on any atom is -0.444 e. The van der Waals surface area contributed by atoms with E-state index in [1.54, 1.807) is 11.1 Å². The molecular weight excluding hydrogens is 416 g/mol. The molecule has 1 amide bonds. The van der Waals surface area contributed by atoms with Crippen LogP contribution in [0.1, 0.15) is 33.3 Å². The molecule has 1 aromatic carbocycles. The van der Waals surface area contributed by atoms with E-state index in [4.69, 9.17) is 25.7 Å². The van der Waals surface area contributed by atoms with E-state index in [0.717, 1.165) is 22.3 Å². The number of halogens is 1. The summed E-state index contributed by atoms with van der Waals surface area (Å²) >= 11 is 6.49. The van der Waals surface area contributed by atoms with Crippen molar-refractivity contribution in [2.45, 2.75) is 46.3 Å². The van der Waals surface area contributed by atoms with Crippen molar-refractivity contribution >= 4 is 34.8 Å². The molecule has 0 radical (unpaired) electrons. The minimum atomic E-state index is -0.517. The van der Waals surface area contributed by atoms with Crippen molar-refractivity contribution in [3.63, 3.8) is 0 Å². The van der Waals surface area contributed by atoms with Crippen LogP contribution in [0.15, 0.2) is 34.9 Å². The number of hydrogen-bond donors (Lipinski definition) is 0. The van der Waals surface area contributed by atoms with Gasteiger partial charge in [-0.25, -0.2) is 4.79 Å². The summed E-state index contributed by atoms with van der Waals surface area (Å²) in [6.45, 7) is 11.2. The molecule has 0 saturated carbocycles. The lowest BCUT2D eigenvalue weighted by Crippen LogP contribution is -2.54. The molecule has 3 aromatic rings. The standard InChI is InChI=1S/C23H27ClN4O3/c1-14-13-27(22(29)31-23(3,4)5)10-11-28(14)21-26-19-15(2)17(24)12-16(20(19)30-21)18-8-6-7-9-25-18/h6-9,12,14H,10-11,13H2,1-5H3. The molecule has 31 heavy (non-hydrogen) atoms. The van der Waals surface area contributed by atoms with E-state index in [1.165, 1.54) is 0 Å². The van der Waals surface area contributed by atoms with Gasteiger partial charge >= 0.3 is 6.09 Å². The molecule has 1 atom stereocenters. The summed E-state index contributed by atoms with van der Waals surface area (Å²) in [5.74, 6) is 0. The van der Waals surface area contributed by atoms with Gasteiger partial charge in [0.1, 0.15) is 11.1 Å². The van der Waals surface area contributed by atoms with E-state index >= 15 is 0 Å². The first-order valence-corrected chi connectivity index (χ1v) is 10.8. The molecule has 164 valence electrons. The van der Waals surface area contributed by atoms with Crippen LogP contribution in [-0.2, 0) is 4.74 Å². The number of nitrogens with zero attached hydrogens (tertiary/aromatic N) is 4. The van der Waals surface area contributed by atoms with Crippen LogP contribution in [-0.4, -0.2) is 52.2 Å². The van der Waals surface area contributed by atoms with Crippen LogP contribution in [0.3, 0.4) is 0 Å². The van der Waals surface area contributed by atoms with Crippen molar-refractivity contribution in [3.8, 4) is 11.3 Å². The number of piperazine rings is 1. The van der Waals surface area contributed by atoms with Crippen LogP contribution >= 0.6 is 11.6 Å². The Morgan fingerprint density at radius 3 is 2.71 bits per heavy atom. The molecule has 4 rings (SSSR count). The summed E-state index contributed by atoms with van der Waals surface area (Å²) in [5, 5.41) is 0.621. The van der Waals surface area contributed by atoms with Crippen molar-refractivity contribution in [1.82, 2.24) is 14.9 Å². The van der Waals surface area contributed by atoms with Gasteiger partial charge in [0.05, 0.1) is 5.69 Å². The molecule has 8 heteroatoms. The van der Waals surface area contributed by atoms with E-state index in [0.29, 0.717) is 36.3 Å². The quantitative estimate of drug-likeness (QED) is 0.536. The summed E-state index contributed by atoms with van der Waals surface area (Å²) in [6, 6.07) is 8.13. The number of anilines is 1. The SMILES string of the molecule is Cc1c(Cl)cc(-c2ccccn2)c2oc(N3CCN(C(=O)OC(C)(C)C)CC3C)nc12. The predicted molar refractivity (Wildman–Crippen MR) is 122 cm³/mol. The highest BCUT2D eigenvalue weighted by molar-refractivity contribution is 6.32. The molecule has 0 aliphatic carbocycles. The summed E-state index contributed by atoms with van der Waals surface area (Å²) < 4.78 is 11.8. The van der Waals surface area contributed by atoms with Crippen molar-refractivity contribution in [2.24, 2.45) is 0 Å². The number of ether oxygens (including phenoxy) is 1. The highest BCUT2D eigenvalue weighted by Crippen LogP contribution is 2.37. The highest BCUT2D eigenvalue weighted by atomic mass is 35.5. The largest absolute Gasteiger partial charge is 0.444 e. The molecule has 0 spiro atoms. The average Bonchev–Trinajstić information content (AvgIpc) is 3.15. The van der Waals surface area contributed by atoms with E-state index in [1.807, 2.05) is 58.9 Å². The van der Waals surface area contributed by atoms with Crippen molar-refractivity contribution in [3.05, 3.63) is 41.0 Å². The summed E-state index contributed by atoms with van der Waals surface area (Å²) in [7, 11) is 0. The number of carbonyl (C=O) groups excluding carboxylic acids is 1. The zero-order valence-electron chi connectivity index (χ0n) is 18.5. The number of aromatic nitrogens is 2. The Kier molecular flexibility index (Phi) is 5.56. The maximum absolute atomic E-state index is 12.5. The molecule has 0 bridgehead atoms. The number of benzene rings is 1. The van der Waals surface area contributed by atoms with Crippen LogP contribution in [0.5, 0.6) is 0 Å². The highest BCUT2D eigenvalue weighted by Gasteiger charge is 2.32. The molecule has 2 aromatic heterocycles. The zero-order valence-corrected chi connectivity index (χ0v) is 19.2. The molecule has 1 aliphatic heterocycles. The van der Waals surface area contributed by atoms with Gasteiger partial charge in [-0.1, -0.05) is 17.7 Å². The lowest BCUT2D eigenvalue weighted by Gasteiger charge is -2.39. The summed E-state index contributed by atoms with van der Waals surface area (Å²) in [5.41, 5.74) is 3.33. The normalized spacial score (nSPS) is 17.3. The summed E-state index contributed by atoms with van der Waals surface area (Å²) in [6.07, 6.45) is 1.45. The lowest BCUT2D eigenvalue weighted by molar-refractivity contribution is 0.0216. The molecule has 1 fully saturated rings. The topological polar surface area (TPSA) is 71.7 Å². The second kappa shape index (κ2) is 8.04. The number of hydrogen-bond acceptors (Lipinski definition) is 6. The number of oxazole rings is 1. The van der Waals surface area contributed by atoms with Gasteiger partial charge in [-0.3, -0.25) is 4.98 Å². The fourth-order valence-electron chi connectivity index (χ4n) is 3.73. The average molecular weight is 443 g/mol. The third-order valence-electron chi connectivity index (χ3n) is 5.31. The predicted octanol–water partition coefficient (Wildman–Crippen LogP) is 5.30. The molecular formula is C23H27ClN4O3. The van der Waals surface area contributed by atoms with E-state index < -0.39 is 5.60 Å². The van der Waals surface area contributed by atoms with Crippen LogP contribution < -0.4 is 4.90 Å². The fraction of sp³-hybridized carbons (Fsp3) is 0.435. The Labute approximate surface area is 187 Å². The van der Waals surface area contributed by atoms with Crippen LogP contribution in [0.25, 0.3) is 22.4 Å². The third-order valence-corrected chi connectivity index (χ3v) is 5.70. The van der Waals surface area contributed by atoms with Crippen molar-refractivity contribution in [1.29, 1.82) is 0 Å². The molecule has 3 heterocycles. The molecule has 1 saturated heterocycles. The number of carbonyl (C=O) groups is 1. The molecule has 7 nitrogen and oxygen atoms in total. The monoisotopic (exact) mass is 442 g/mol. The maximum Gasteiger partial charge on any atom is 0.410 e. The van der Waals surface area contributed by atoms with Gasteiger partial charge in [0.2, 0.25) is 0 Å². The Balaban J connectivity index is 1.64. The first-order chi connectivity index (χ1) is 14.6. The number of fused-ring (bicyclic) bond motifs is 1. The van der Waals surface area contributed by atoms with Gasteiger partial charge in [0.15, 0.2) is 5.58 Å². The van der Waals surface area contributed by atoms with Gasteiger partial charge in [0.25, 0.3) is 6.01 Å². The van der Waals surface area contributed by atoms with Crippen molar-refractivity contribution < 1.29 is 13.9 Å². The Bertz CT molecular complexity index is 1110. The van der Waals surface area contributed by atoms with Gasteiger partial charge in [-0.2, -0.15) is 4.98 Å². The van der Waals surface area contributed by atoms with E-state index in [9.17, 15) is 4.79 Å². The fourth-order valence-corrected chi connectivity index (χ4v) is 3.93. The minimum absolute atomic E-state index is 0.0170. The maximum atomic E-state index is 12.5. The molecule has 0 N–H and O–H groups in total.